The first-order chi connectivity index (χ1) is 22.4. The zero-order valence-corrected chi connectivity index (χ0v) is 26.6. The van der Waals surface area contributed by atoms with Gasteiger partial charge in [-0.05, 0) is 95.2 Å². The predicted octanol–water partition coefficient (Wildman–Crippen LogP) is 4.64. The van der Waals surface area contributed by atoms with Crippen molar-refractivity contribution in [3.8, 4) is 23.0 Å². The number of alkyl carbamates (subject to hydrolysis) is 1. The lowest BCUT2D eigenvalue weighted by atomic mass is 9.96. The Balaban J connectivity index is 1.42. The van der Waals surface area contributed by atoms with Crippen molar-refractivity contribution < 1.29 is 34.2 Å². The Labute approximate surface area is 273 Å². The molecule has 14 heteroatoms. The minimum absolute atomic E-state index is 0.0294. The van der Waals surface area contributed by atoms with E-state index >= 15 is 0 Å². The van der Waals surface area contributed by atoms with E-state index in [2.05, 4.69) is 25.8 Å². The standard InChI is InChI=1S/C33H41N7O7/c1-33(2,3)47-32(42)36-14-17-40-15-12-23(13-16-40)31(41)37-24-18-27(45-25-8-4-21(5-9-25)29(34)38-43)20-28(19-24)46-26-10-6-22(7-11-26)30(35)39-44/h4-11,18-20,23,43-44H,12-17H2,1-3H3,(H2,34,38)(H2,35,39)(H,36,42)(H,37,41). The molecule has 1 fully saturated rings. The van der Waals surface area contributed by atoms with E-state index in [-0.39, 0.29) is 23.5 Å². The number of rotatable bonds is 11. The van der Waals surface area contributed by atoms with Gasteiger partial charge < -0.3 is 51.6 Å². The van der Waals surface area contributed by atoms with Gasteiger partial charge in [0.15, 0.2) is 11.7 Å². The smallest absolute Gasteiger partial charge is 0.407 e. The normalized spacial score (nSPS) is 14.7. The average Bonchev–Trinajstić information content (AvgIpc) is 3.04. The molecule has 47 heavy (non-hydrogen) atoms. The molecule has 1 aliphatic rings. The topological polar surface area (TPSA) is 206 Å². The van der Waals surface area contributed by atoms with E-state index in [1.165, 1.54) is 0 Å². The zero-order valence-electron chi connectivity index (χ0n) is 26.6. The van der Waals surface area contributed by atoms with Crippen LogP contribution in [0.2, 0.25) is 0 Å². The molecular formula is C33H41N7O7. The average molecular weight is 648 g/mol. The SMILES string of the molecule is CC(C)(C)OC(=O)NCCN1CCC(C(=O)Nc2cc(Oc3ccc(C(N)=NO)cc3)cc(Oc3ccc(C(N)=NO)cc3)c2)CC1. The zero-order chi connectivity index (χ0) is 34.0. The first-order valence-electron chi connectivity index (χ1n) is 15.1. The second kappa shape index (κ2) is 15.7. The lowest BCUT2D eigenvalue weighted by molar-refractivity contribution is -0.121. The summed E-state index contributed by atoms with van der Waals surface area (Å²) in [4.78, 5) is 27.5. The number of carbonyl (C=O) groups excluding carboxylic acids is 2. The first kappa shape index (κ1) is 34.4. The van der Waals surface area contributed by atoms with Crippen LogP contribution in [0.1, 0.15) is 44.7 Å². The van der Waals surface area contributed by atoms with Gasteiger partial charge in [0, 0.05) is 54.0 Å². The van der Waals surface area contributed by atoms with E-state index in [1.54, 1.807) is 66.7 Å². The molecular weight excluding hydrogens is 606 g/mol. The molecule has 1 saturated heterocycles. The fraction of sp³-hybridized carbons (Fsp3) is 0.333. The van der Waals surface area contributed by atoms with Crippen LogP contribution in [0.25, 0.3) is 0 Å². The highest BCUT2D eigenvalue weighted by Gasteiger charge is 2.25. The van der Waals surface area contributed by atoms with E-state index in [0.717, 1.165) is 0 Å². The molecule has 1 aliphatic heterocycles. The highest BCUT2D eigenvalue weighted by molar-refractivity contribution is 5.97. The summed E-state index contributed by atoms with van der Waals surface area (Å²) in [6.45, 7) is 8.00. The van der Waals surface area contributed by atoms with Crippen LogP contribution in [0.3, 0.4) is 0 Å². The summed E-state index contributed by atoms with van der Waals surface area (Å²) >= 11 is 0. The number of nitrogens with two attached hydrogens (primary N) is 2. The summed E-state index contributed by atoms with van der Waals surface area (Å²) in [5.41, 5.74) is 12.3. The number of likely N-dealkylation sites (tertiary alicyclic amines) is 1. The molecule has 0 unspecified atom stereocenters. The van der Waals surface area contributed by atoms with Crippen LogP contribution in [0.15, 0.2) is 77.0 Å². The van der Waals surface area contributed by atoms with E-state index in [4.69, 9.17) is 36.1 Å². The fourth-order valence-corrected chi connectivity index (χ4v) is 4.83. The Bertz CT molecular complexity index is 1500. The van der Waals surface area contributed by atoms with Gasteiger partial charge in [0.2, 0.25) is 5.91 Å². The number of hydrogen-bond acceptors (Lipinski definition) is 10. The Morgan fingerprint density at radius 1 is 0.830 bits per heavy atom. The van der Waals surface area contributed by atoms with Gasteiger partial charge in [-0.15, -0.1) is 0 Å². The number of oxime groups is 2. The molecule has 0 aliphatic carbocycles. The summed E-state index contributed by atoms with van der Waals surface area (Å²) < 4.78 is 17.4. The van der Waals surface area contributed by atoms with Crippen LogP contribution in [-0.2, 0) is 9.53 Å². The van der Waals surface area contributed by atoms with Crippen LogP contribution in [0.4, 0.5) is 10.5 Å². The van der Waals surface area contributed by atoms with Gasteiger partial charge in [-0.3, -0.25) is 4.79 Å². The predicted molar refractivity (Wildman–Crippen MR) is 177 cm³/mol. The summed E-state index contributed by atoms with van der Waals surface area (Å²) in [6, 6.07) is 18.3. The Morgan fingerprint density at radius 2 is 1.32 bits per heavy atom. The lowest BCUT2D eigenvalue weighted by Gasteiger charge is -2.31. The number of carbonyl (C=O) groups is 2. The van der Waals surface area contributed by atoms with E-state index in [9.17, 15) is 9.59 Å². The maximum atomic E-state index is 13.3. The van der Waals surface area contributed by atoms with Gasteiger partial charge in [-0.1, -0.05) is 10.3 Å². The molecule has 0 radical (unpaired) electrons. The molecule has 3 aromatic carbocycles. The van der Waals surface area contributed by atoms with Gasteiger partial charge in [0.1, 0.15) is 28.6 Å². The molecule has 3 aromatic rings. The number of piperidine rings is 1. The summed E-state index contributed by atoms with van der Waals surface area (Å²) in [5.74, 6) is 1.37. The quantitative estimate of drug-likeness (QED) is 0.0736. The highest BCUT2D eigenvalue weighted by Crippen LogP contribution is 2.33. The maximum absolute atomic E-state index is 13.3. The van der Waals surface area contributed by atoms with Gasteiger partial charge in [-0.25, -0.2) is 4.79 Å². The summed E-state index contributed by atoms with van der Waals surface area (Å²) in [5, 5.41) is 29.7. The minimum Gasteiger partial charge on any atom is -0.457 e. The largest absolute Gasteiger partial charge is 0.457 e. The number of benzene rings is 3. The van der Waals surface area contributed by atoms with E-state index in [1.807, 2.05) is 20.8 Å². The number of hydrogen-bond donors (Lipinski definition) is 6. The van der Waals surface area contributed by atoms with Gasteiger partial charge in [-0.2, -0.15) is 0 Å². The third-order valence-electron chi connectivity index (χ3n) is 7.19. The number of anilines is 1. The van der Waals surface area contributed by atoms with Crippen LogP contribution < -0.4 is 31.6 Å². The number of nitrogens with zero attached hydrogens (tertiary/aromatic N) is 3. The summed E-state index contributed by atoms with van der Waals surface area (Å²) in [6.07, 6.45) is 0.880. The molecule has 8 N–H and O–H groups in total. The van der Waals surface area contributed by atoms with Crippen molar-refractivity contribution in [1.82, 2.24) is 10.2 Å². The molecule has 250 valence electrons. The van der Waals surface area contributed by atoms with Gasteiger partial charge >= 0.3 is 6.09 Å². The number of amides is 2. The van der Waals surface area contributed by atoms with Crippen molar-refractivity contribution in [2.75, 3.05) is 31.5 Å². The van der Waals surface area contributed by atoms with Crippen molar-refractivity contribution >= 4 is 29.4 Å². The monoisotopic (exact) mass is 647 g/mol. The van der Waals surface area contributed by atoms with Gasteiger partial charge in [0.25, 0.3) is 0 Å². The van der Waals surface area contributed by atoms with Crippen LogP contribution in [0.5, 0.6) is 23.0 Å². The Kier molecular flexibility index (Phi) is 11.5. The molecule has 1 heterocycles. The molecule has 0 saturated carbocycles. The Morgan fingerprint density at radius 3 is 1.77 bits per heavy atom. The summed E-state index contributed by atoms with van der Waals surface area (Å²) in [7, 11) is 0. The van der Waals surface area contributed by atoms with Gasteiger partial charge in [0.05, 0.1) is 0 Å². The third kappa shape index (κ3) is 10.5. The van der Waals surface area contributed by atoms with Crippen LogP contribution in [-0.4, -0.2) is 70.8 Å². The first-order valence-corrected chi connectivity index (χ1v) is 15.1. The number of nitrogens with one attached hydrogen (secondary N) is 2. The highest BCUT2D eigenvalue weighted by atomic mass is 16.6. The second-order valence-corrected chi connectivity index (χ2v) is 12.0. The molecule has 4 rings (SSSR count). The molecule has 14 nitrogen and oxygen atoms in total. The van der Waals surface area contributed by atoms with Crippen molar-refractivity contribution in [2.45, 2.75) is 39.2 Å². The van der Waals surface area contributed by atoms with Crippen LogP contribution >= 0.6 is 0 Å². The van der Waals surface area contributed by atoms with Crippen molar-refractivity contribution in [3.63, 3.8) is 0 Å². The number of ether oxygens (including phenoxy) is 3. The second-order valence-electron chi connectivity index (χ2n) is 12.0. The molecule has 0 bridgehead atoms. The fourth-order valence-electron chi connectivity index (χ4n) is 4.83. The van der Waals surface area contributed by atoms with Crippen molar-refractivity contribution in [3.05, 3.63) is 77.9 Å². The molecule has 0 aromatic heterocycles. The minimum atomic E-state index is -0.553. The Hall–Kier alpha value is -5.50. The maximum Gasteiger partial charge on any atom is 0.407 e. The van der Waals surface area contributed by atoms with E-state index in [0.29, 0.717) is 78.8 Å². The molecule has 0 atom stereocenters. The van der Waals surface area contributed by atoms with Crippen LogP contribution in [0, 0.1) is 5.92 Å². The number of amidine groups is 2. The molecule has 2 amide bonds. The van der Waals surface area contributed by atoms with Crippen molar-refractivity contribution in [1.29, 1.82) is 0 Å². The van der Waals surface area contributed by atoms with E-state index < -0.39 is 11.7 Å². The third-order valence-corrected chi connectivity index (χ3v) is 7.19. The molecule has 0 spiro atoms. The lowest BCUT2D eigenvalue weighted by Crippen LogP contribution is -2.42. The van der Waals surface area contributed by atoms with Crippen molar-refractivity contribution in [2.24, 2.45) is 27.7 Å².